The van der Waals surface area contributed by atoms with Crippen LogP contribution in [-0.2, 0) is 11.2 Å². The molecule has 0 saturated heterocycles. The lowest BCUT2D eigenvalue weighted by molar-refractivity contribution is -0.385. The van der Waals surface area contributed by atoms with Crippen LogP contribution < -0.4 is 4.74 Å². The van der Waals surface area contributed by atoms with Crippen molar-refractivity contribution in [1.82, 2.24) is 20.2 Å². The number of rotatable bonds is 5. The second-order valence-electron chi connectivity index (χ2n) is 4.94. The van der Waals surface area contributed by atoms with E-state index in [1.54, 1.807) is 24.3 Å². The number of nitrogens with zero attached hydrogens (tertiary/aromatic N) is 5. The van der Waals surface area contributed by atoms with E-state index < -0.39 is 28.1 Å². The van der Waals surface area contributed by atoms with Crippen LogP contribution in [0.1, 0.15) is 5.56 Å². The molecule has 126 valence electrons. The molecule has 0 fully saturated rings. The van der Waals surface area contributed by atoms with Crippen LogP contribution >= 0.6 is 0 Å². The number of nitro benzene ring substituents is 1. The first-order chi connectivity index (χ1) is 12.0. The molecule has 0 aliphatic heterocycles. The molecule has 1 heterocycles. The lowest BCUT2D eigenvalue weighted by Crippen LogP contribution is -2.12. The number of nitro groups is 1. The minimum Gasteiger partial charge on any atom is -0.419 e. The molecule has 3 aromatic rings. The fourth-order valence-electron chi connectivity index (χ4n) is 2.09. The Morgan fingerprint density at radius 2 is 2.00 bits per heavy atom. The van der Waals surface area contributed by atoms with Gasteiger partial charge in [0.25, 0.3) is 0 Å². The quantitative estimate of drug-likeness (QED) is 0.301. The van der Waals surface area contributed by atoms with E-state index in [0.717, 1.165) is 18.2 Å². The molecule has 0 unspecified atom stereocenters. The van der Waals surface area contributed by atoms with Gasteiger partial charge in [0.1, 0.15) is 12.1 Å². The van der Waals surface area contributed by atoms with Crippen LogP contribution in [0.15, 0.2) is 48.8 Å². The van der Waals surface area contributed by atoms with Crippen molar-refractivity contribution in [2.45, 2.75) is 6.42 Å². The van der Waals surface area contributed by atoms with E-state index in [1.807, 2.05) is 0 Å². The monoisotopic (exact) mass is 343 g/mol. The number of tetrazole rings is 1. The van der Waals surface area contributed by atoms with Gasteiger partial charge in [-0.15, -0.1) is 5.10 Å². The average molecular weight is 343 g/mol. The van der Waals surface area contributed by atoms with Gasteiger partial charge >= 0.3 is 11.7 Å². The zero-order valence-corrected chi connectivity index (χ0v) is 12.6. The third kappa shape index (κ3) is 3.80. The molecule has 0 bridgehead atoms. The van der Waals surface area contributed by atoms with Gasteiger partial charge in [0, 0.05) is 12.1 Å². The summed E-state index contributed by atoms with van der Waals surface area (Å²) in [4.78, 5) is 22.1. The maximum atomic E-state index is 13.2. The number of hydrogen-bond donors (Lipinski definition) is 0. The third-order valence-electron chi connectivity index (χ3n) is 3.24. The van der Waals surface area contributed by atoms with Gasteiger partial charge in [-0.05, 0) is 34.2 Å². The average Bonchev–Trinajstić information content (AvgIpc) is 3.09. The minimum atomic E-state index is -0.747. The van der Waals surface area contributed by atoms with E-state index >= 15 is 0 Å². The van der Waals surface area contributed by atoms with E-state index in [0.29, 0.717) is 11.3 Å². The first-order valence-corrected chi connectivity index (χ1v) is 7.00. The van der Waals surface area contributed by atoms with Crippen LogP contribution in [-0.4, -0.2) is 31.1 Å². The SMILES string of the molecule is O=C(Cc1ccc(-n2cnnn2)cc1)Oc1cc(F)ccc1[N+](=O)[O-]. The Bertz CT molecular complexity index is 912. The van der Waals surface area contributed by atoms with Crippen LogP contribution in [0.4, 0.5) is 10.1 Å². The van der Waals surface area contributed by atoms with Crippen molar-refractivity contribution in [2.75, 3.05) is 0 Å². The lowest BCUT2D eigenvalue weighted by Gasteiger charge is -2.06. The number of esters is 1. The van der Waals surface area contributed by atoms with Crippen LogP contribution in [0.5, 0.6) is 5.75 Å². The van der Waals surface area contributed by atoms with Gasteiger partial charge in [-0.1, -0.05) is 12.1 Å². The number of carbonyl (C=O) groups excluding carboxylic acids is 1. The Hall–Kier alpha value is -3.69. The maximum Gasteiger partial charge on any atom is 0.315 e. The van der Waals surface area contributed by atoms with Crippen molar-refractivity contribution >= 4 is 11.7 Å². The highest BCUT2D eigenvalue weighted by Crippen LogP contribution is 2.27. The molecule has 0 saturated carbocycles. The first-order valence-electron chi connectivity index (χ1n) is 7.00. The van der Waals surface area contributed by atoms with E-state index in [2.05, 4.69) is 15.5 Å². The molecule has 3 rings (SSSR count). The zero-order chi connectivity index (χ0) is 17.8. The van der Waals surface area contributed by atoms with Crippen LogP contribution in [0.25, 0.3) is 5.69 Å². The molecule has 9 nitrogen and oxygen atoms in total. The van der Waals surface area contributed by atoms with Crippen LogP contribution in [0, 0.1) is 15.9 Å². The number of aromatic nitrogens is 4. The third-order valence-corrected chi connectivity index (χ3v) is 3.24. The Morgan fingerprint density at radius 1 is 1.24 bits per heavy atom. The number of halogens is 1. The Morgan fingerprint density at radius 3 is 2.64 bits per heavy atom. The highest BCUT2D eigenvalue weighted by molar-refractivity contribution is 5.76. The van der Waals surface area contributed by atoms with Gasteiger partial charge < -0.3 is 4.74 Å². The summed E-state index contributed by atoms with van der Waals surface area (Å²) in [6.45, 7) is 0. The predicted octanol–water partition coefficient (Wildman–Crippen LogP) is 1.86. The lowest BCUT2D eigenvalue weighted by atomic mass is 10.1. The number of ether oxygens (including phenoxy) is 1. The Kier molecular flexibility index (Phi) is 4.42. The summed E-state index contributed by atoms with van der Waals surface area (Å²) in [5.41, 5.74) is 0.826. The molecule has 0 amide bonds. The van der Waals surface area contributed by atoms with Crippen molar-refractivity contribution in [3.63, 3.8) is 0 Å². The molecule has 25 heavy (non-hydrogen) atoms. The van der Waals surface area contributed by atoms with Gasteiger partial charge in [-0.25, -0.2) is 9.07 Å². The van der Waals surface area contributed by atoms with Gasteiger partial charge in [0.05, 0.1) is 17.0 Å². The summed E-state index contributed by atoms with van der Waals surface area (Å²) in [5, 5.41) is 21.7. The number of carbonyl (C=O) groups is 1. The summed E-state index contributed by atoms with van der Waals surface area (Å²) >= 11 is 0. The second kappa shape index (κ2) is 6.83. The molecule has 10 heteroatoms. The molecule has 0 radical (unpaired) electrons. The predicted molar refractivity (Wildman–Crippen MR) is 81.5 cm³/mol. The van der Waals surface area contributed by atoms with E-state index in [-0.39, 0.29) is 6.42 Å². The number of benzene rings is 2. The van der Waals surface area contributed by atoms with Crippen LogP contribution in [0.3, 0.4) is 0 Å². The highest BCUT2D eigenvalue weighted by atomic mass is 19.1. The zero-order valence-electron chi connectivity index (χ0n) is 12.6. The fraction of sp³-hybridized carbons (Fsp3) is 0.0667. The van der Waals surface area contributed by atoms with Gasteiger partial charge in [-0.3, -0.25) is 14.9 Å². The topological polar surface area (TPSA) is 113 Å². The highest BCUT2D eigenvalue weighted by Gasteiger charge is 2.19. The van der Waals surface area contributed by atoms with Crippen molar-refractivity contribution in [3.8, 4) is 11.4 Å². The molecule has 0 N–H and O–H groups in total. The molecule has 0 aliphatic carbocycles. The fourth-order valence-corrected chi connectivity index (χ4v) is 2.09. The summed E-state index contributed by atoms with van der Waals surface area (Å²) in [6.07, 6.45) is 1.29. The molecule has 0 atom stereocenters. The molecule has 0 spiro atoms. The largest absolute Gasteiger partial charge is 0.419 e. The van der Waals surface area contributed by atoms with Gasteiger partial charge in [0.15, 0.2) is 0 Å². The van der Waals surface area contributed by atoms with Crippen molar-refractivity contribution in [1.29, 1.82) is 0 Å². The summed E-state index contributed by atoms with van der Waals surface area (Å²) in [5.74, 6) is -1.91. The number of hydrogen-bond acceptors (Lipinski definition) is 7. The van der Waals surface area contributed by atoms with E-state index in [9.17, 15) is 19.3 Å². The Balaban J connectivity index is 1.71. The minimum absolute atomic E-state index is 0.135. The molecular formula is C15H10FN5O4. The molecule has 0 aliphatic rings. The Labute approximate surface area is 139 Å². The molecule has 2 aromatic carbocycles. The molecular weight excluding hydrogens is 333 g/mol. The van der Waals surface area contributed by atoms with Crippen molar-refractivity contribution in [2.24, 2.45) is 0 Å². The van der Waals surface area contributed by atoms with Gasteiger partial charge in [-0.2, -0.15) is 0 Å². The maximum absolute atomic E-state index is 13.2. The molecule has 1 aromatic heterocycles. The normalized spacial score (nSPS) is 10.4. The van der Waals surface area contributed by atoms with E-state index in [4.69, 9.17) is 4.74 Å². The van der Waals surface area contributed by atoms with Crippen molar-refractivity contribution in [3.05, 3.63) is 70.3 Å². The van der Waals surface area contributed by atoms with E-state index in [1.165, 1.54) is 11.0 Å². The smallest absolute Gasteiger partial charge is 0.315 e. The van der Waals surface area contributed by atoms with Crippen molar-refractivity contribution < 1.29 is 18.8 Å². The first kappa shape index (κ1) is 16.2. The standard InChI is InChI=1S/C15H10FN5O4/c16-11-3-6-13(21(23)24)14(8-11)25-15(22)7-10-1-4-12(5-2-10)20-9-17-18-19-20/h1-6,8-9H,7H2. The summed E-state index contributed by atoms with van der Waals surface area (Å²) in [6, 6.07) is 9.40. The summed E-state index contributed by atoms with van der Waals surface area (Å²) in [7, 11) is 0. The summed E-state index contributed by atoms with van der Waals surface area (Å²) < 4.78 is 19.6. The van der Waals surface area contributed by atoms with Crippen LogP contribution in [0.2, 0.25) is 0 Å². The second-order valence-corrected chi connectivity index (χ2v) is 4.94. The van der Waals surface area contributed by atoms with Gasteiger partial charge in [0.2, 0.25) is 5.75 Å².